The van der Waals surface area contributed by atoms with Crippen LogP contribution in [-0.4, -0.2) is 31.4 Å². The second kappa shape index (κ2) is 8.13. The highest BCUT2D eigenvalue weighted by Gasteiger charge is 2.14. The minimum absolute atomic E-state index is 0.109. The van der Waals surface area contributed by atoms with Crippen LogP contribution in [-0.2, 0) is 4.79 Å². The molecule has 0 spiro atoms. The maximum Gasteiger partial charge on any atom is 0.244 e. The number of thiophene rings is 1. The lowest BCUT2D eigenvalue weighted by atomic mass is 10.1. The Morgan fingerprint density at radius 3 is 2.86 bits per heavy atom. The van der Waals surface area contributed by atoms with Crippen molar-refractivity contribution in [2.24, 2.45) is 0 Å². The van der Waals surface area contributed by atoms with Gasteiger partial charge in [0.1, 0.15) is 0 Å². The van der Waals surface area contributed by atoms with Crippen molar-refractivity contribution in [2.75, 3.05) is 20.6 Å². The molecule has 2 aromatic rings. The monoisotopic (exact) mass is 334 g/mol. The van der Waals surface area contributed by atoms with Crippen LogP contribution in [0, 0.1) is 0 Å². The van der Waals surface area contributed by atoms with Crippen LogP contribution >= 0.6 is 22.9 Å². The first-order valence-corrected chi connectivity index (χ1v) is 8.28. The lowest BCUT2D eigenvalue weighted by molar-refractivity contribution is -0.116. The third-order valence-corrected chi connectivity index (χ3v) is 4.23. The van der Waals surface area contributed by atoms with Crippen LogP contribution in [0.1, 0.15) is 17.2 Å². The van der Waals surface area contributed by atoms with Gasteiger partial charge in [0.05, 0.1) is 6.04 Å². The van der Waals surface area contributed by atoms with Crippen molar-refractivity contribution in [1.29, 1.82) is 0 Å². The highest BCUT2D eigenvalue weighted by molar-refractivity contribution is 7.07. The number of hydrogen-bond donors (Lipinski definition) is 1. The lowest BCUT2D eigenvalue weighted by Gasteiger charge is -2.23. The van der Waals surface area contributed by atoms with Gasteiger partial charge in [0.15, 0.2) is 0 Å². The van der Waals surface area contributed by atoms with Gasteiger partial charge in [-0.15, -0.1) is 0 Å². The Bertz CT molecular complexity index is 638. The molecule has 1 amide bonds. The number of likely N-dealkylation sites (N-methyl/N-ethyl adjacent to an activating group) is 1. The van der Waals surface area contributed by atoms with Crippen molar-refractivity contribution in [3.8, 4) is 0 Å². The first kappa shape index (κ1) is 16.7. The number of benzene rings is 1. The van der Waals surface area contributed by atoms with E-state index in [1.807, 2.05) is 43.7 Å². The summed E-state index contributed by atoms with van der Waals surface area (Å²) in [7, 11) is 4.02. The lowest BCUT2D eigenvalue weighted by Crippen LogP contribution is -2.33. The van der Waals surface area contributed by atoms with Crippen LogP contribution in [0.15, 0.2) is 47.2 Å². The summed E-state index contributed by atoms with van der Waals surface area (Å²) in [4.78, 5) is 14.1. The van der Waals surface area contributed by atoms with Gasteiger partial charge < -0.3 is 10.2 Å². The van der Waals surface area contributed by atoms with Gasteiger partial charge in [-0.05, 0) is 60.3 Å². The first-order chi connectivity index (χ1) is 10.6. The summed E-state index contributed by atoms with van der Waals surface area (Å²) < 4.78 is 0. The molecule has 0 aliphatic heterocycles. The summed E-state index contributed by atoms with van der Waals surface area (Å²) in [6.07, 6.45) is 3.29. The Morgan fingerprint density at radius 2 is 2.23 bits per heavy atom. The highest BCUT2D eigenvalue weighted by atomic mass is 35.5. The Kier molecular flexibility index (Phi) is 6.19. The van der Waals surface area contributed by atoms with Crippen LogP contribution in [0.2, 0.25) is 5.02 Å². The largest absolute Gasteiger partial charge is 0.351 e. The number of halogens is 1. The van der Waals surface area contributed by atoms with Crippen molar-refractivity contribution in [3.05, 3.63) is 63.3 Å². The zero-order valence-corrected chi connectivity index (χ0v) is 14.2. The topological polar surface area (TPSA) is 32.3 Å². The van der Waals surface area contributed by atoms with Gasteiger partial charge in [-0.2, -0.15) is 11.3 Å². The molecule has 0 aliphatic carbocycles. The van der Waals surface area contributed by atoms with E-state index in [0.29, 0.717) is 11.6 Å². The van der Waals surface area contributed by atoms with Gasteiger partial charge in [-0.1, -0.05) is 23.7 Å². The number of carbonyl (C=O) groups excluding carboxylic acids is 1. The van der Waals surface area contributed by atoms with Crippen LogP contribution < -0.4 is 5.32 Å². The molecule has 0 saturated heterocycles. The number of hydrogen-bond acceptors (Lipinski definition) is 3. The number of nitrogens with one attached hydrogen (secondary N) is 1. The third kappa shape index (κ3) is 4.98. The maximum atomic E-state index is 12.0. The summed E-state index contributed by atoms with van der Waals surface area (Å²) in [5.74, 6) is -0.109. The van der Waals surface area contributed by atoms with Gasteiger partial charge >= 0.3 is 0 Å². The van der Waals surface area contributed by atoms with E-state index in [4.69, 9.17) is 11.6 Å². The van der Waals surface area contributed by atoms with Crippen molar-refractivity contribution < 1.29 is 4.79 Å². The summed E-state index contributed by atoms with van der Waals surface area (Å²) in [6.45, 7) is 0.572. The van der Waals surface area contributed by atoms with Crippen molar-refractivity contribution in [1.82, 2.24) is 10.2 Å². The van der Waals surface area contributed by atoms with Gasteiger partial charge in [-0.3, -0.25) is 4.79 Å². The number of carbonyl (C=O) groups is 1. The SMILES string of the molecule is CN(C)C(CNC(=O)/C=C/c1cccc(Cl)c1)c1ccsc1. The van der Waals surface area contributed by atoms with Crippen LogP contribution in [0.25, 0.3) is 6.08 Å². The third-order valence-electron chi connectivity index (χ3n) is 3.30. The second-order valence-corrected chi connectivity index (χ2v) is 6.39. The molecule has 1 unspecified atom stereocenters. The Hall–Kier alpha value is -1.62. The zero-order valence-electron chi connectivity index (χ0n) is 12.6. The summed E-state index contributed by atoms with van der Waals surface area (Å²) in [6, 6.07) is 9.65. The number of amides is 1. The normalized spacial score (nSPS) is 12.7. The van der Waals surface area contributed by atoms with Gasteiger partial charge in [-0.25, -0.2) is 0 Å². The molecule has 1 N–H and O–H groups in total. The quantitative estimate of drug-likeness (QED) is 0.814. The summed E-state index contributed by atoms with van der Waals surface area (Å²) in [5.41, 5.74) is 2.12. The summed E-state index contributed by atoms with van der Waals surface area (Å²) >= 11 is 7.58. The Balaban J connectivity index is 1.91. The fourth-order valence-corrected chi connectivity index (χ4v) is 3.01. The van der Waals surface area contributed by atoms with Crippen LogP contribution in [0.4, 0.5) is 0 Å². The molecular formula is C17H19ClN2OS. The molecular weight excluding hydrogens is 316 g/mol. The van der Waals surface area contributed by atoms with E-state index in [-0.39, 0.29) is 11.9 Å². The molecule has 3 nitrogen and oxygen atoms in total. The molecule has 0 radical (unpaired) electrons. The molecule has 0 saturated carbocycles. The van der Waals surface area contributed by atoms with Crippen LogP contribution in [0.5, 0.6) is 0 Å². The van der Waals surface area contributed by atoms with Crippen molar-refractivity contribution in [2.45, 2.75) is 6.04 Å². The van der Waals surface area contributed by atoms with Gasteiger partial charge in [0, 0.05) is 17.6 Å². The zero-order chi connectivity index (χ0) is 15.9. The van der Waals surface area contributed by atoms with Crippen LogP contribution in [0.3, 0.4) is 0 Å². The molecule has 1 atom stereocenters. The molecule has 0 bridgehead atoms. The van der Waals surface area contributed by atoms with E-state index < -0.39 is 0 Å². The van der Waals surface area contributed by atoms with E-state index in [0.717, 1.165) is 5.56 Å². The molecule has 2 rings (SSSR count). The average Bonchev–Trinajstić information content (AvgIpc) is 2.99. The van der Waals surface area contributed by atoms with E-state index in [2.05, 4.69) is 21.7 Å². The second-order valence-electron chi connectivity index (χ2n) is 5.17. The molecule has 0 aliphatic rings. The van der Waals surface area contributed by atoms with Gasteiger partial charge in [0.2, 0.25) is 5.91 Å². The fraction of sp³-hybridized carbons (Fsp3) is 0.235. The van der Waals surface area contributed by atoms with Gasteiger partial charge in [0.25, 0.3) is 0 Å². The summed E-state index contributed by atoms with van der Waals surface area (Å²) in [5, 5.41) is 7.76. The number of nitrogens with zero attached hydrogens (tertiary/aromatic N) is 1. The molecule has 1 aromatic carbocycles. The minimum atomic E-state index is -0.109. The molecule has 22 heavy (non-hydrogen) atoms. The highest BCUT2D eigenvalue weighted by Crippen LogP contribution is 2.20. The predicted molar refractivity (Wildman–Crippen MR) is 94.2 cm³/mol. The number of rotatable bonds is 6. The van der Waals surface area contributed by atoms with E-state index in [1.165, 1.54) is 11.6 Å². The van der Waals surface area contributed by atoms with E-state index in [9.17, 15) is 4.79 Å². The molecule has 116 valence electrons. The molecule has 1 heterocycles. The van der Waals surface area contributed by atoms with Crippen molar-refractivity contribution >= 4 is 34.9 Å². The van der Waals surface area contributed by atoms with E-state index in [1.54, 1.807) is 17.4 Å². The first-order valence-electron chi connectivity index (χ1n) is 6.96. The molecule has 5 heteroatoms. The van der Waals surface area contributed by atoms with E-state index >= 15 is 0 Å². The average molecular weight is 335 g/mol. The fourth-order valence-electron chi connectivity index (χ4n) is 2.10. The minimum Gasteiger partial charge on any atom is -0.351 e. The maximum absolute atomic E-state index is 12.0. The van der Waals surface area contributed by atoms with Crippen molar-refractivity contribution in [3.63, 3.8) is 0 Å². The standard InChI is InChI=1S/C17H19ClN2OS/c1-20(2)16(14-8-9-22-12-14)11-19-17(21)7-6-13-4-3-5-15(18)10-13/h3-10,12,16H,11H2,1-2H3,(H,19,21)/b7-6+. The Labute approximate surface area is 140 Å². The Morgan fingerprint density at radius 1 is 1.41 bits per heavy atom. The molecule has 0 fully saturated rings. The molecule has 1 aromatic heterocycles. The smallest absolute Gasteiger partial charge is 0.244 e. The predicted octanol–water partition coefficient (Wildman–Crippen LogP) is 3.83.